The predicted octanol–water partition coefficient (Wildman–Crippen LogP) is 3.42. The highest BCUT2D eigenvalue weighted by molar-refractivity contribution is 6.33. The summed E-state index contributed by atoms with van der Waals surface area (Å²) in [6, 6.07) is 7.76. The third-order valence-electron chi connectivity index (χ3n) is 6.68. The Morgan fingerprint density at radius 3 is 3.00 bits per heavy atom. The summed E-state index contributed by atoms with van der Waals surface area (Å²) in [5.74, 6) is 1.74. The summed E-state index contributed by atoms with van der Waals surface area (Å²) in [6.45, 7) is 2.31. The van der Waals surface area contributed by atoms with Gasteiger partial charge in [0.05, 0.1) is 17.3 Å². The number of oxazole rings is 1. The zero-order valence-corrected chi connectivity index (χ0v) is 20.7. The van der Waals surface area contributed by atoms with E-state index in [4.69, 9.17) is 20.8 Å². The standard InChI is InChI=1S/C26H30ClN5O4/c27-25-22-7-9-32(13-18(22)4-5-23(25)35-15-21-12-28-16-36-21)14-20(33)11-30-26(34)17-6-8-29-24(10-17)31-19-2-1-3-19/h4-6,8,10,12,16,19-20,33H,1-3,7,9,11,13-15H2,(H,29,31)(H,30,34). The summed E-state index contributed by atoms with van der Waals surface area (Å²) in [5.41, 5.74) is 2.70. The van der Waals surface area contributed by atoms with Crippen LogP contribution in [0.3, 0.4) is 0 Å². The number of hydrogen-bond donors (Lipinski definition) is 3. The number of fused-ring (bicyclic) bond motifs is 1. The number of anilines is 1. The maximum Gasteiger partial charge on any atom is 0.251 e. The van der Waals surface area contributed by atoms with Crippen molar-refractivity contribution in [3.63, 3.8) is 0 Å². The second-order valence-corrected chi connectivity index (χ2v) is 9.70. The number of nitrogens with zero attached hydrogens (tertiary/aromatic N) is 3. The van der Waals surface area contributed by atoms with Crippen LogP contribution in [0.1, 0.15) is 46.5 Å². The first-order valence-electron chi connectivity index (χ1n) is 12.3. The molecule has 0 radical (unpaired) electrons. The molecule has 5 rings (SSSR count). The van der Waals surface area contributed by atoms with Crippen molar-refractivity contribution in [1.29, 1.82) is 0 Å². The first-order valence-corrected chi connectivity index (χ1v) is 12.6. The minimum Gasteiger partial charge on any atom is -0.484 e. The van der Waals surface area contributed by atoms with Crippen molar-refractivity contribution in [2.75, 3.05) is 25.0 Å². The zero-order chi connectivity index (χ0) is 24.9. The van der Waals surface area contributed by atoms with Crippen molar-refractivity contribution in [3.05, 3.63) is 70.5 Å². The van der Waals surface area contributed by atoms with Crippen LogP contribution in [0.25, 0.3) is 0 Å². The largest absolute Gasteiger partial charge is 0.484 e. The summed E-state index contributed by atoms with van der Waals surface area (Å²) in [4.78, 5) is 22.9. The lowest BCUT2D eigenvalue weighted by atomic mass is 9.93. The van der Waals surface area contributed by atoms with Gasteiger partial charge in [-0.2, -0.15) is 0 Å². The van der Waals surface area contributed by atoms with Crippen LogP contribution in [0.2, 0.25) is 5.02 Å². The van der Waals surface area contributed by atoms with Crippen molar-refractivity contribution >= 4 is 23.3 Å². The molecular weight excluding hydrogens is 482 g/mol. The number of aliphatic hydroxyl groups is 1. The topological polar surface area (TPSA) is 113 Å². The van der Waals surface area contributed by atoms with E-state index in [1.54, 1.807) is 24.5 Å². The number of halogens is 1. The smallest absolute Gasteiger partial charge is 0.251 e. The van der Waals surface area contributed by atoms with Crippen molar-refractivity contribution in [3.8, 4) is 5.75 Å². The lowest BCUT2D eigenvalue weighted by Crippen LogP contribution is -2.42. The van der Waals surface area contributed by atoms with E-state index in [1.165, 1.54) is 12.8 Å². The Morgan fingerprint density at radius 1 is 1.33 bits per heavy atom. The van der Waals surface area contributed by atoms with Crippen LogP contribution in [0.4, 0.5) is 5.82 Å². The highest BCUT2D eigenvalue weighted by Crippen LogP contribution is 2.34. The van der Waals surface area contributed by atoms with E-state index in [2.05, 4.69) is 25.5 Å². The van der Waals surface area contributed by atoms with E-state index in [9.17, 15) is 9.90 Å². The summed E-state index contributed by atoms with van der Waals surface area (Å²) in [5, 5.41) is 17.4. The highest BCUT2D eigenvalue weighted by Gasteiger charge is 2.23. The molecule has 1 amide bonds. The van der Waals surface area contributed by atoms with Gasteiger partial charge in [-0.25, -0.2) is 9.97 Å². The monoisotopic (exact) mass is 511 g/mol. The van der Waals surface area contributed by atoms with Crippen LogP contribution in [0, 0.1) is 0 Å². The van der Waals surface area contributed by atoms with Crippen molar-refractivity contribution in [2.24, 2.45) is 0 Å². The van der Waals surface area contributed by atoms with Crippen molar-refractivity contribution in [2.45, 2.75) is 51.0 Å². The molecule has 0 bridgehead atoms. The number of rotatable bonds is 10. The Bertz CT molecular complexity index is 1190. The van der Waals surface area contributed by atoms with Gasteiger partial charge in [0, 0.05) is 44.0 Å². The summed E-state index contributed by atoms with van der Waals surface area (Å²) in [7, 11) is 0. The number of ether oxygens (including phenoxy) is 1. The van der Waals surface area contributed by atoms with Gasteiger partial charge in [-0.05, 0) is 55.0 Å². The van der Waals surface area contributed by atoms with Crippen LogP contribution in [-0.4, -0.2) is 57.7 Å². The molecule has 1 atom stereocenters. The van der Waals surface area contributed by atoms with Crippen LogP contribution < -0.4 is 15.4 Å². The van der Waals surface area contributed by atoms with Gasteiger partial charge < -0.3 is 24.9 Å². The van der Waals surface area contributed by atoms with Gasteiger partial charge in [0.1, 0.15) is 18.2 Å². The van der Waals surface area contributed by atoms with Crippen LogP contribution in [-0.2, 0) is 19.6 Å². The molecule has 9 nitrogen and oxygen atoms in total. The molecule has 0 spiro atoms. The fourth-order valence-electron chi connectivity index (χ4n) is 4.47. The zero-order valence-electron chi connectivity index (χ0n) is 20.0. The van der Waals surface area contributed by atoms with E-state index in [0.717, 1.165) is 36.9 Å². The Morgan fingerprint density at radius 2 is 2.22 bits per heavy atom. The molecular formula is C26H30ClN5O4. The van der Waals surface area contributed by atoms with Gasteiger partial charge in [-0.1, -0.05) is 17.7 Å². The number of aliphatic hydroxyl groups excluding tert-OH is 1. The maximum absolute atomic E-state index is 12.6. The molecule has 1 saturated carbocycles. The molecule has 1 fully saturated rings. The van der Waals surface area contributed by atoms with E-state index >= 15 is 0 Å². The van der Waals surface area contributed by atoms with Crippen LogP contribution >= 0.6 is 11.6 Å². The molecule has 2 aliphatic rings. The van der Waals surface area contributed by atoms with Gasteiger partial charge in [0.15, 0.2) is 12.2 Å². The lowest BCUT2D eigenvalue weighted by molar-refractivity contribution is 0.0841. The fourth-order valence-corrected chi connectivity index (χ4v) is 4.80. The normalized spacial score (nSPS) is 16.6. The number of β-amino-alcohol motifs (C(OH)–C–C–N with tert-alkyl or cyclic N) is 1. The van der Waals surface area contributed by atoms with Crippen LogP contribution in [0.5, 0.6) is 5.75 Å². The van der Waals surface area contributed by atoms with Crippen molar-refractivity contribution < 1.29 is 19.1 Å². The third kappa shape index (κ3) is 5.98. The molecule has 3 aromatic rings. The molecule has 3 N–H and O–H groups in total. The molecule has 2 aromatic heterocycles. The van der Waals surface area contributed by atoms with Gasteiger partial charge in [-0.3, -0.25) is 9.69 Å². The fraction of sp³-hybridized carbons (Fsp3) is 0.423. The minimum atomic E-state index is -0.690. The number of carbonyl (C=O) groups excluding carboxylic acids is 1. The SMILES string of the molecule is O=C(NCC(O)CN1CCc2c(ccc(OCc3cnco3)c2Cl)C1)c1ccnc(NC2CCC2)c1. The Labute approximate surface area is 214 Å². The van der Waals surface area contributed by atoms with E-state index in [0.29, 0.717) is 47.0 Å². The molecule has 10 heteroatoms. The Hall–Kier alpha value is -3.14. The number of nitrogens with one attached hydrogen (secondary N) is 2. The molecule has 36 heavy (non-hydrogen) atoms. The van der Waals surface area contributed by atoms with Gasteiger partial charge in [0.25, 0.3) is 5.91 Å². The van der Waals surface area contributed by atoms with E-state index in [1.807, 2.05) is 12.1 Å². The van der Waals surface area contributed by atoms with E-state index < -0.39 is 6.10 Å². The second kappa shape index (κ2) is 11.3. The average molecular weight is 512 g/mol. The number of pyridine rings is 1. The van der Waals surface area contributed by atoms with E-state index in [-0.39, 0.29) is 19.1 Å². The third-order valence-corrected chi connectivity index (χ3v) is 7.09. The molecule has 0 saturated heterocycles. The number of aromatic nitrogens is 2. The summed E-state index contributed by atoms with van der Waals surface area (Å²) < 4.78 is 11.0. The maximum atomic E-state index is 12.6. The summed E-state index contributed by atoms with van der Waals surface area (Å²) in [6.07, 6.45) is 8.17. The Balaban J connectivity index is 1.10. The van der Waals surface area contributed by atoms with Gasteiger partial charge in [0.2, 0.25) is 0 Å². The first-order chi connectivity index (χ1) is 17.5. The predicted molar refractivity (Wildman–Crippen MR) is 135 cm³/mol. The average Bonchev–Trinajstić information content (AvgIpc) is 3.38. The first kappa shape index (κ1) is 24.5. The second-order valence-electron chi connectivity index (χ2n) is 9.32. The molecule has 1 aliphatic carbocycles. The van der Waals surface area contributed by atoms with Gasteiger partial charge >= 0.3 is 0 Å². The molecule has 3 heterocycles. The molecule has 190 valence electrons. The summed E-state index contributed by atoms with van der Waals surface area (Å²) >= 11 is 6.62. The minimum absolute atomic E-state index is 0.172. The number of amides is 1. The molecule has 1 aromatic carbocycles. The van der Waals surface area contributed by atoms with Crippen molar-refractivity contribution in [1.82, 2.24) is 20.2 Å². The molecule has 1 aliphatic heterocycles. The molecule has 1 unspecified atom stereocenters. The number of hydrogen-bond acceptors (Lipinski definition) is 8. The Kier molecular flexibility index (Phi) is 7.69. The lowest BCUT2D eigenvalue weighted by Gasteiger charge is -2.31. The highest BCUT2D eigenvalue weighted by atomic mass is 35.5. The quantitative estimate of drug-likeness (QED) is 0.379. The van der Waals surface area contributed by atoms with Crippen LogP contribution in [0.15, 0.2) is 47.5 Å². The number of benzene rings is 1. The van der Waals surface area contributed by atoms with Gasteiger partial charge in [-0.15, -0.1) is 0 Å². The number of carbonyl (C=O) groups is 1.